The van der Waals surface area contributed by atoms with E-state index in [1.54, 1.807) is 24.3 Å². The van der Waals surface area contributed by atoms with E-state index in [-0.39, 0.29) is 24.9 Å². The third-order valence-corrected chi connectivity index (χ3v) is 5.61. The summed E-state index contributed by atoms with van der Waals surface area (Å²) in [4.78, 5) is 52.7. The summed E-state index contributed by atoms with van der Waals surface area (Å²) >= 11 is 0. The van der Waals surface area contributed by atoms with Gasteiger partial charge in [-0.15, -0.1) is 0 Å². The average molecular weight is 386 g/mol. The number of anilines is 1. The molecule has 4 rings (SSSR count). The first-order valence-electron chi connectivity index (χ1n) is 9.37. The van der Waals surface area contributed by atoms with E-state index in [0.29, 0.717) is 24.3 Å². The van der Waals surface area contributed by atoms with Gasteiger partial charge in [0.1, 0.15) is 17.8 Å². The van der Waals surface area contributed by atoms with Crippen LogP contribution in [-0.2, 0) is 14.4 Å². The van der Waals surface area contributed by atoms with Crippen molar-refractivity contribution in [1.82, 2.24) is 15.5 Å². The Morgan fingerprint density at radius 2 is 1.96 bits per heavy atom. The number of ether oxygens (including phenoxy) is 1. The highest BCUT2D eigenvalue weighted by Crippen LogP contribution is 2.36. The highest BCUT2D eigenvalue weighted by atomic mass is 16.5. The number of urea groups is 1. The van der Waals surface area contributed by atoms with Crippen LogP contribution in [0.2, 0.25) is 0 Å². The smallest absolute Gasteiger partial charge is 0.325 e. The number of rotatable bonds is 3. The molecule has 9 nitrogen and oxygen atoms in total. The monoisotopic (exact) mass is 386 g/mol. The number of carbonyl (C=O) groups excluding carboxylic acids is 4. The van der Waals surface area contributed by atoms with Crippen molar-refractivity contribution in [1.29, 1.82) is 0 Å². The number of hydrogen-bond acceptors (Lipinski definition) is 5. The highest BCUT2D eigenvalue weighted by molar-refractivity contribution is 6.11. The summed E-state index contributed by atoms with van der Waals surface area (Å²) in [6.07, 6.45) is 2.08. The predicted octanol–water partition coefficient (Wildman–Crippen LogP) is 0.391. The Balaban J connectivity index is 1.56. The summed E-state index contributed by atoms with van der Waals surface area (Å²) in [6.45, 7) is -0.370. The van der Waals surface area contributed by atoms with E-state index in [0.717, 1.165) is 17.7 Å². The van der Waals surface area contributed by atoms with Crippen LogP contribution in [0, 0.1) is 0 Å². The van der Waals surface area contributed by atoms with Gasteiger partial charge in [-0.2, -0.15) is 0 Å². The quantitative estimate of drug-likeness (QED) is 0.731. The molecule has 1 aromatic rings. The van der Waals surface area contributed by atoms with E-state index in [1.807, 2.05) is 0 Å². The Hall–Kier alpha value is -3.10. The molecule has 1 atom stereocenters. The fourth-order valence-electron chi connectivity index (χ4n) is 4.13. The number of para-hydroxylation sites is 2. The Bertz CT molecular complexity index is 848. The molecule has 1 aromatic carbocycles. The fourth-order valence-corrected chi connectivity index (χ4v) is 4.13. The number of imide groups is 1. The Kier molecular flexibility index (Phi) is 4.44. The average Bonchev–Trinajstić information content (AvgIpc) is 3.27. The van der Waals surface area contributed by atoms with Crippen molar-refractivity contribution >= 4 is 29.4 Å². The van der Waals surface area contributed by atoms with Gasteiger partial charge in [0, 0.05) is 7.05 Å². The summed E-state index contributed by atoms with van der Waals surface area (Å²) in [6, 6.07) is 6.34. The Labute approximate surface area is 162 Å². The van der Waals surface area contributed by atoms with Crippen LogP contribution in [0.15, 0.2) is 24.3 Å². The van der Waals surface area contributed by atoms with E-state index in [1.165, 1.54) is 11.9 Å². The Morgan fingerprint density at radius 3 is 2.68 bits per heavy atom. The van der Waals surface area contributed by atoms with Crippen LogP contribution in [0.25, 0.3) is 0 Å². The lowest BCUT2D eigenvalue weighted by Crippen LogP contribution is -2.53. The van der Waals surface area contributed by atoms with E-state index < -0.39 is 23.6 Å². The number of carbonyl (C=O) groups is 4. The predicted molar refractivity (Wildman–Crippen MR) is 98.7 cm³/mol. The van der Waals surface area contributed by atoms with E-state index in [9.17, 15) is 19.2 Å². The van der Waals surface area contributed by atoms with Crippen molar-refractivity contribution in [2.45, 2.75) is 37.3 Å². The van der Waals surface area contributed by atoms with Crippen LogP contribution < -0.4 is 20.3 Å². The van der Waals surface area contributed by atoms with Crippen molar-refractivity contribution < 1.29 is 23.9 Å². The molecule has 9 heteroatoms. The maximum atomic E-state index is 13.0. The summed E-state index contributed by atoms with van der Waals surface area (Å²) < 4.78 is 5.69. The summed E-state index contributed by atoms with van der Waals surface area (Å²) in [5.74, 6) is -0.733. The minimum atomic E-state index is -0.867. The van der Waals surface area contributed by atoms with Gasteiger partial charge in [0.25, 0.3) is 11.8 Å². The normalized spacial score (nSPS) is 22.7. The lowest BCUT2D eigenvalue weighted by Gasteiger charge is -2.34. The molecule has 1 spiro atoms. The molecule has 1 saturated heterocycles. The standard InChI is InChI=1S/C19H22N4O5/c1-20-16(25)14-10-22(12-6-2-3-7-13(12)28-14)15(24)11-23-17(26)19(21-18(23)27)8-4-5-9-19/h2-3,6-7,14H,4-5,8-11H2,1H3,(H,20,25)(H,21,27)/t14-/m0/s1. The van der Waals surface area contributed by atoms with Gasteiger partial charge in [-0.25, -0.2) is 4.79 Å². The molecule has 0 bridgehead atoms. The highest BCUT2D eigenvalue weighted by Gasteiger charge is 2.53. The van der Waals surface area contributed by atoms with Crippen LogP contribution in [0.1, 0.15) is 25.7 Å². The zero-order chi connectivity index (χ0) is 19.9. The maximum absolute atomic E-state index is 13.0. The second-order valence-electron chi connectivity index (χ2n) is 7.30. The van der Waals surface area contributed by atoms with Gasteiger partial charge in [-0.1, -0.05) is 25.0 Å². The molecule has 148 valence electrons. The summed E-state index contributed by atoms with van der Waals surface area (Å²) in [5, 5.41) is 5.29. The first-order valence-corrected chi connectivity index (χ1v) is 9.37. The van der Waals surface area contributed by atoms with Crippen molar-refractivity contribution in [3.63, 3.8) is 0 Å². The molecule has 2 fully saturated rings. The molecule has 0 unspecified atom stereocenters. The molecule has 2 aliphatic heterocycles. The number of benzene rings is 1. The number of hydrogen-bond donors (Lipinski definition) is 2. The van der Waals surface area contributed by atoms with Gasteiger partial charge < -0.3 is 20.3 Å². The van der Waals surface area contributed by atoms with Crippen LogP contribution >= 0.6 is 0 Å². The van der Waals surface area contributed by atoms with Gasteiger partial charge in [0.05, 0.1) is 12.2 Å². The number of nitrogens with zero attached hydrogens (tertiary/aromatic N) is 2. The van der Waals surface area contributed by atoms with Crippen molar-refractivity contribution in [3.05, 3.63) is 24.3 Å². The second-order valence-corrected chi connectivity index (χ2v) is 7.30. The van der Waals surface area contributed by atoms with Gasteiger partial charge in [-0.05, 0) is 25.0 Å². The Morgan fingerprint density at radius 1 is 1.25 bits per heavy atom. The number of nitrogens with one attached hydrogen (secondary N) is 2. The van der Waals surface area contributed by atoms with Crippen LogP contribution in [0.4, 0.5) is 10.5 Å². The third kappa shape index (κ3) is 2.87. The molecule has 1 aliphatic carbocycles. The zero-order valence-corrected chi connectivity index (χ0v) is 15.6. The fraction of sp³-hybridized carbons (Fsp3) is 0.474. The maximum Gasteiger partial charge on any atom is 0.325 e. The molecule has 28 heavy (non-hydrogen) atoms. The van der Waals surface area contributed by atoms with Gasteiger partial charge in [-0.3, -0.25) is 19.3 Å². The van der Waals surface area contributed by atoms with Crippen molar-refractivity contribution in [2.75, 3.05) is 25.0 Å². The molecule has 2 heterocycles. The SMILES string of the molecule is CNC(=O)[C@@H]1CN(C(=O)CN2C(=O)NC3(CCCC3)C2=O)c2ccccc2O1. The van der Waals surface area contributed by atoms with Crippen molar-refractivity contribution in [3.8, 4) is 5.75 Å². The number of amides is 5. The molecule has 2 N–H and O–H groups in total. The molecular formula is C19H22N4O5. The van der Waals surface area contributed by atoms with Crippen LogP contribution in [0.3, 0.4) is 0 Å². The molecule has 1 saturated carbocycles. The van der Waals surface area contributed by atoms with Crippen LogP contribution in [0.5, 0.6) is 5.75 Å². The summed E-state index contributed by atoms with van der Waals surface area (Å²) in [7, 11) is 1.49. The van der Waals surface area contributed by atoms with Gasteiger partial charge in [0.15, 0.2) is 6.10 Å². The topological polar surface area (TPSA) is 108 Å². The summed E-state index contributed by atoms with van der Waals surface area (Å²) in [5.41, 5.74) is -0.347. The lowest BCUT2D eigenvalue weighted by molar-refractivity contribution is -0.134. The van der Waals surface area contributed by atoms with Gasteiger partial charge in [0.2, 0.25) is 5.91 Å². The number of fused-ring (bicyclic) bond motifs is 1. The van der Waals surface area contributed by atoms with Crippen LogP contribution in [-0.4, -0.2) is 60.4 Å². The molecule has 0 radical (unpaired) electrons. The lowest BCUT2D eigenvalue weighted by atomic mass is 9.98. The molecule has 5 amide bonds. The van der Waals surface area contributed by atoms with E-state index in [4.69, 9.17) is 4.74 Å². The first-order chi connectivity index (χ1) is 13.4. The molecule has 0 aromatic heterocycles. The number of likely N-dealkylation sites (N-methyl/N-ethyl adjacent to an activating group) is 1. The van der Waals surface area contributed by atoms with Crippen molar-refractivity contribution in [2.24, 2.45) is 0 Å². The second kappa shape index (κ2) is 6.81. The first kappa shape index (κ1) is 18.3. The minimum absolute atomic E-state index is 0.00428. The molecular weight excluding hydrogens is 364 g/mol. The van der Waals surface area contributed by atoms with E-state index >= 15 is 0 Å². The van der Waals surface area contributed by atoms with E-state index in [2.05, 4.69) is 10.6 Å². The minimum Gasteiger partial charge on any atom is -0.477 e. The largest absolute Gasteiger partial charge is 0.477 e. The molecule has 3 aliphatic rings. The zero-order valence-electron chi connectivity index (χ0n) is 15.6. The van der Waals surface area contributed by atoms with Gasteiger partial charge >= 0.3 is 6.03 Å². The third-order valence-electron chi connectivity index (χ3n) is 5.61.